The molecule has 1 unspecified atom stereocenters. The number of anilines is 1. The molecule has 2 fully saturated rings. The number of piperazine rings is 1. The van der Waals surface area contributed by atoms with E-state index in [0.717, 1.165) is 0 Å². The zero-order valence-corrected chi connectivity index (χ0v) is 14.1. The first-order valence-corrected chi connectivity index (χ1v) is 8.27. The first kappa shape index (κ1) is 17.2. The highest BCUT2D eigenvalue weighted by Crippen LogP contribution is 2.26. The molecule has 3 rings (SSSR count). The molecule has 9 heteroatoms. The molecule has 2 saturated heterocycles. The number of carbonyl (C=O) groups excluding carboxylic acids is 4. The molecule has 5 amide bonds. The Labute approximate surface area is 149 Å². The Kier molecular flexibility index (Phi) is 4.89. The van der Waals surface area contributed by atoms with Gasteiger partial charge in [0.15, 0.2) is 0 Å². The second-order valence-electron chi connectivity index (χ2n) is 5.87. The summed E-state index contributed by atoms with van der Waals surface area (Å²) in [5.41, 5.74) is 0.631. The standard InChI is InChI=1S/C16H17ClN4O4/c17-10-3-1-2-4-12(10)21-8-7-20(9-14(21)23)13(22)6-5-11-15(24)19-16(25)18-11/h1-4,11H,5-9H2,(H2,18,19,24,25). The molecule has 2 heterocycles. The Morgan fingerprint density at radius 3 is 2.60 bits per heavy atom. The molecule has 0 spiro atoms. The van der Waals surface area contributed by atoms with Crippen LogP contribution in [0.4, 0.5) is 10.5 Å². The summed E-state index contributed by atoms with van der Waals surface area (Å²) in [6, 6.07) is 5.81. The number of benzene rings is 1. The first-order chi connectivity index (χ1) is 12.0. The summed E-state index contributed by atoms with van der Waals surface area (Å²) in [5.74, 6) is -0.863. The Morgan fingerprint density at radius 2 is 1.96 bits per heavy atom. The Morgan fingerprint density at radius 1 is 1.20 bits per heavy atom. The fraction of sp³-hybridized carbons (Fsp3) is 0.375. The molecule has 25 heavy (non-hydrogen) atoms. The van der Waals surface area contributed by atoms with Crippen molar-refractivity contribution in [3.63, 3.8) is 0 Å². The van der Waals surface area contributed by atoms with Crippen LogP contribution >= 0.6 is 11.6 Å². The van der Waals surface area contributed by atoms with Crippen LogP contribution in [0, 0.1) is 0 Å². The van der Waals surface area contributed by atoms with E-state index in [0.29, 0.717) is 23.8 Å². The second kappa shape index (κ2) is 7.10. The van der Waals surface area contributed by atoms with Gasteiger partial charge in [-0.2, -0.15) is 0 Å². The van der Waals surface area contributed by atoms with Gasteiger partial charge in [0.05, 0.1) is 10.7 Å². The molecule has 0 bridgehead atoms. The quantitative estimate of drug-likeness (QED) is 0.760. The fourth-order valence-electron chi connectivity index (χ4n) is 2.90. The molecule has 1 aromatic rings. The minimum Gasteiger partial charge on any atom is -0.332 e. The minimum atomic E-state index is -0.698. The number of hydrogen-bond donors (Lipinski definition) is 2. The summed E-state index contributed by atoms with van der Waals surface area (Å²) in [4.78, 5) is 50.2. The number of para-hydroxylation sites is 1. The maximum atomic E-state index is 12.4. The summed E-state index contributed by atoms with van der Waals surface area (Å²) in [6.07, 6.45) is 0.285. The maximum Gasteiger partial charge on any atom is 0.322 e. The number of halogens is 1. The normalized spacial score (nSPS) is 20.5. The van der Waals surface area contributed by atoms with Crippen LogP contribution in [0.1, 0.15) is 12.8 Å². The largest absolute Gasteiger partial charge is 0.332 e. The number of hydrogen-bond acceptors (Lipinski definition) is 4. The number of imide groups is 1. The van der Waals surface area contributed by atoms with Crippen LogP contribution in [0.3, 0.4) is 0 Å². The summed E-state index contributed by atoms with van der Waals surface area (Å²) in [6.45, 7) is 0.710. The van der Waals surface area contributed by atoms with E-state index in [1.807, 2.05) is 0 Å². The van der Waals surface area contributed by atoms with Crippen molar-refractivity contribution in [1.82, 2.24) is 15.5 Å². The van der Waals surface area contributed by atoms with Crippen LogP contribution < -0.4 is 15.5 Å². The van der Waals surface area contributed by atoms with Crippen LogP contribution in [0.5, 0.6) is 0 Å². The second-order valence-corrected chi connectivity index (χ2v) is 6.27. The molecule has 0 saturated carbocycles. The highest BCUT2D eigenvalue weighted by molar-refractivity contribution is 6.33. The van der Waals surface area contributed by atoms with Crippen molar-refractivity contribution in [1.29, 1.82) is 0 Å². The predicted octanol–water partition coefficient (Wildman–Crippen LogP) is 0.503. The van der Waals surface area contributed by atoms with E-state index in [4.69, 9.17) is 11.6 Å². The van der Waals surface area contributed by atoms with Gasteiger partial charge in [-0.15, -0.1) is 0 Å². The number of nitrogens with zero attached hydrogens (tertiary/aromatic N) is 2. The molecule has 132 valence electrons. The van der Waals surface area contributed by atoms with E-state index < -0.39 is 18.0 Å². The number of nitrogens with one attached hydrogen (secondary N) is 2. The lowest BCUT2D eigenvalue weighted by atomic mass is 10.1. The summed E-state index contributed by atoms with van der Waals surface area (Å²) in [7, 11) is 0. The van der Waals surface area contributed by atoms with Crippen molar-refractivity contribution in [2.75, 3.05) is 24.5 Å². The van der Waals surface area contributed by atoms with Crippen LogP contribution in [0.2, 0.25) is 5.02 Å². The van der Waals surface area contributed by atoms with E-state index in [-0.39, 0.29) is 31.2 Å². The van der Waals surface area contributed by atoms with Crippen molar-refractivity contribution in [2.24, 2.45) is 0 Å². The lowest BCUT2D eigenvalue weighted by molar-refractivity contribution is -0.137. The maximum absolute atomic E-state index is 12.4. The highest BCUT2D eigenvalue weighted by atomic mass is 35.5. The number of urea groups is 1. The summed E-state index contributed by atoms with van der Waals surface area (Å²) >= 11 is 6.12. The first-order valence-electron chi connectivity index (χ1n) is 7.90. The van der Waals surface area contributed by atoms with Crippen molar-refractivity contribution in [3.05, 3.63) is 29.3 Å². The minimum absolute atomic E-state index is 0.0344. The Balaban J connectivity index is 1.55. The fourth-order valence-corrected chi connectivity index (χ4v) is 3.14. The average molecular weight is 365 g/mol. The molecule has 2 aliphatic heterocycles. The Hall–Kier alpha value is -2.61. The van der Waals surface area contributed by atoms with Gasteiger partial charge in [0.2, 0.25) is 11.8 Å². The van der Waals surface area contributed by atoms with Gasteiger partial charge in [0.25, 0.3) is 5.91 Å². The number of rotatable bonds is 4. The molecular formula is C16H17ClN4O4. The van der Waals surface area contributed by atoms with Crippen molar-refractivity contribution < 1.29 is 19.2 Å². The number of amides is 5. The molecule has 0 radical (unpaired) electrons. The van der Waals surface area contributed by atoms with Gasteiger partial charge in [-0.3, -0.25) is 19.7 Å². The van der Waals surface area contributed by atoms with Gasteiger partial charge < -0.3 is 15.1 Å². The van der Waals surface area contributed by atoms with Crippen molar-refractivity contribution >= 4 is 41.0 Å². The monoisotopic (exact) mass is 364 g/mol. The van der Waals surface area contributed by atoms with Crippen LogP contribution in [-0.4, -0.2) is 54.3 Å². The van der Waals surface area contributed by atoms with E-state index >= 15 is 0 Å². The molecule has 0 aliphatic carbocycles. The lowest BCUT2D eigenvalue weighted by Crippen LogP contribution is -2.52. The van der Waals surface area contributed by atoms with E-state index in [2.05, 4.69) is 10.6 Å². The SMILES string of the molecule is O=C1NC(=O)C(CCC(=O)N2CCN(c3ccccc3Cl)C(=O)C2)N1. The van der Waals surface area contributed by atoms with Gasteiger partial charge >= 0.3 is 6.03 Å². The van der Waals surface area contributed by atoms with E-state index in [9.17, 15) is 19.2 Å². The molecular weight excluding hydrogens is 348 g/mol. The zero-order valence-electron chi connectivity index (χ0n) is 13.3. The predicted molar refractivity (Wildman–Crippen MR) is 90.1 cm³/mol. The van der Waals surface area contributed by atoms with E-state index in [1.165, 1.54) is 4.90 Å². The Bertz CT molecular complexity index is 739. The smallest absolute Gasteiger partial charge is 0.322 e. The van der Waals surface area contributed by atoms with Crippen LogP contribution in [-0.2, 0) is 14.4 Å². The molecule has 1 atom stereocenters. The van der Waals surface area contributed by atoms with E-state index in [1.54, 1.807) is 29.2 Å². The van der Waals surface area contributed by atoms with Crippen molar-refractivity contribution in [3.8, 4) is 0 Å². The van der Waals surface area contributed by atoms with Gasteiger partial charge in [-0.1, -0.05) is 23.7 Å². The van der Waals surface area contributed by atoms with Crippen molar-refractivity contribution in [2.45, 2.75) is 18.9 Å². The average Bonchev–Trinajstić information content (AvgIpc) is 2.91. The third kappa shape index (κ3) is 3.74. The highest BCUT2D eigenvalue weighted by Gasteiger charge is 2.32. The zero-order chi connectivity index (χ0) is 18.0. The molecule has 2 N–H and O–H groups in total. The van der Waals surface area contributed by atoms with Gasteiger partial charge in [0.1, 0.15) is 12.6 Å². The topological polar surface area (TPSA) is 98.8 Å². The van der Waals surface area contributed by atoms with Crippen LogP contribution in [0.15, 0.2) is 24.3 Å². The van der Waals surface area contributed by atoms with Gasteiger partial charge in [-0.05, 0) is 18.6 Å². The molecule has 1 aromatic carbocycles. The molecule has 2 aliphatic rings. The third-order valence-electron chi connectivity index (χ3n) is 4.22. The lowest BCUT2D eigenvalue weighted by Gasteiger charge is -2.34. The van der Waals surface area contributed by atoms with Crippen LogP contribution in [0.25, 0.3) is 0 Å². The molecule has 0 aromatic heterocycles. The van der Waals surface area contributed by atoms with Gasteiger partial charge in [-0.25, -0.2) is 4.79 Å². The summed E-state index contributed by atoms with van der Waals surface area (Å²) in [5, 5.41) is 5.05. The molecule has 8 nitrogen and oxygen atoms in total. The van der Waals surface area contributed by atoms with Gasteiger partial charge in [0, 0.05) is 19.5 Å². The third-order valence-corrected chi connectivity index (χ3v) is 4.54. The summed E-state index contributed by atoms with van der Waals surface area (Å²) < 4.78 is 0. The number of carbonyl (C=O) groups is 4.